The van der Waals surface area contributed by atoms with Crippen molar-refractivity contribution in [3.63, 3.8) is 0 Å². The van der Waals surface area contributed by atoms with Crippen LogP contribution in [0, 0.1) is 71.4 Å². The summed E-state index contributed by atoms with van der Waals surface area (Å²) in [5.74, 6) is 0.350. The van der Waals surface area contributed by atoms with E-state index in [1.807, 2.05) is 20.9 Å². The van der Waals surface area contributed by atoms with Crippen molar-refractivity contribution in [3.05, 3.63) is 11.1 Å². The largest absolute Gasteiger partial charge is 0.457 e. The smallest absolute Gasteiger partial charge is 0.313 e. The van der Waals surface area contributed by atoms with Crippen molar-refractivity contribution >= 4 is 5.97 Å². The molecule has 3 heteroatoms. The fourth-order valence-electron chi connectivity index (χ4n) is 13.5. The Balaban J connectivity index is 2.60. The second kappa shape index (κ2) is 9.90. The molecule has 0 heterocycles. The van der Waals surface area contributed by atoms with E-state index in [-0.39, 0.29) is 72.1 Å². The highest BCUT2D eigenvalue weighted by molar-refractivity contribution is 5.78. The first kappa shape index (κ1) is 39.6. The molecule has 46 heavy (non-hydrogen) atoms. The molecule has 0 saturated heterocycles. The van der Waals surface area contributed by atoms with Crippen molar-refractivity contribution in [2.45, 2.75) is 178 Å². The highest BCUT2D eigenvalue weighted by Gasteiger charge is 2.81. The average molecular weight is 642 g/mol. The Hall–Kier alpha value is -0.830. The molecule has 2 fully saturated rings. The van der Waals surface area contributed by atoms with Crippen molar-refractivity contribution in [1.82, 2.24) is 5.32 Å². The van der Waals surface area contributed by atoms with Gasteiger partial charge in [0.2, 0.25) is 0 Å². The van der Waals surface area contributed by atoms with Crippen LogP contribution in [0.15, 0.2) is 11.1 Å². The van der Waals surface area contributed by atoms with Crippen molar-refractivity contribution in [2.75, 3.05) is 7.05 Å². The molecule has 0 aliphatic heterocycles. The monoisotopic (exact) mass is 642 g/mol. The van der Waals surface area contributed by atoms with Crippen molar-refractivity contribution in [1.29, 1.82) is 0 Å². The lowest BCUT2D eigenvalue weighted by Gasteiger charge is -2.84. The molecule has 2 bridgehead atoms. The van der Waals surface area contributed by atoms with Gasteiger partial charge in [0.05, 0.1) is 5.41 Å². The third-order valence-corrected chi connectivity index (χ3v) is 19.9. The minimum absolute atomic E-state index is 0.000195. The Labute approximate surface area is 287 Å². The summed E-state index contributed by atoms with van der Waals surface area (Å²) in [6.07, 6.45) is -0.296. The molecule has 0 aromatic carbocycles. The van der Waals surface area contributed by atoms with Crippen LogP contribution in [-0.2, 0) is 9.53 Å². The lowest BCUT2D eigenvalue weighted by atomic mass is 9.20. The Kier molecular flexibility index (Phi) is 8.53. The zero-order valence-electron chi connectivity index (χ0n) is 35.5. The molecule has 3 nitrogen and oxygen atoms in total. The number of fused-ring (bicyclic) bond motifs is 3. The van der Waals surface area contributed by atoms with Crippen LogP contribution in [0.25, 0.3) is 0 Å². The van der Waals surface area contributed by atoms with E-state index in [0.717, 1.165) is 0 Å². The zero-order valence-corrected chi connectivity index (χ0v) is 35.5. The maximum absolute atomic E-state index is 14.4. The number of nitrogens with one attached hydrogen (secondary N) is 1. The van der Waals surface area contributed by atoms with Gasteiger partial charge >= 0.3 is 5.97 Å². The molecule has 5 unspecified atom stereocenters. The van der Waals surface area contributed by atoms with Gasteiger partial charge in [-0.05, 0) is 107 Å². The third-order valence-electron chi connectivity index (χ3n) is 19.9. The Morgan fingerprint density at radius 2 is 1.07 bits per heavy atom. The fourth-order valence-corrected chi connectivity index (χ4v) is 13.5. The van der Waals surface area contributed by atoms with Crippen LogP contribution >= 0.6 is 0 Å². The molecule has 0 aromatic rings. The second-order valence-corrected chi connectivity index (χ2v) is 22.2. The molecule has 3 aliphatic rings. The summed E-state index contributed by atoms with van der Waals surface area (Å²) in [5.41, 5.74) is 0.880. The number of hydrogen-bond donors (Lipinski definition) is 1. The number of allylic oxidation sites excluding steroid dienone is 1. The van der Waals surface area contributed by atoms with Gasteiger partial charge in [-0.3, -0.25) is 4.79 Å². The highest BCUT2D eigenvalue weighted by atomic mass is 16.5. The summed E-state index contributed by atoms with van der Waals surface area (Å²) in [6.45, 7) is 59.5. The average Bonchev–Trinajstić information content (AvgIpc) is 2.86. The lowest BCUT2D eigenvalue weighted by Crippen LogP contribution is -2.79. The van der Waals surface area contributed by atoms with E-state index in [0.29, 0.717) is 5.92 Å². The Morgan fingerprint density at radius 1 is 0.630 bits per heavy atom. The number of carbonyl (C=O) groups is 1. The maximum atomic E-state index is 14.4. The van der Waals surface area contributed by atoms with Gasteiger partial charge in [-0.1, -0.05) is 137 Å². The topological polar surface area (TPSA) is 38.3 Å². The third kappa shape index (κ3) is 3.85. The normalized spacial score (nSPS) is 38.2. The first-order valence-corrected chi connectivity index (χ1v) is 18.5. The molecule has 1 N–H and O–H groups in total. The Morgan fingerprint density at radius 3 is 1.48 bits per heavy atom. The molecule has 3 rings (SSSR count). The number of hydrogen-bond acceptors (Lipinski definition) is 3. The van der Waals surface area contributed by atoms with Crippen molar-refractivity contribution in [3.8, 4) is 0 Å². The second-order valence-electron chi connectivity index (χ2n) is 22.2. The van der Waals surface area contributed by atoms with Crippen LogP contribution in [0.1, 0.15) is 166 Å². The summed E-state index contributed by atoms with van der Waals surface area (Å²) in [7, 11) is 1.94. The minimum Gasteiger partial charge on any atom is -0.457 e. The SMILES string of the molecule is CNC(C)(C)C(C)(C)C(=O)OC1C(C)=C2C(C)(C)C(C)(C)C3(C)C(C(C)(C)C(C)(C)C(C)(C)C3(C)C)C(C)(C)C(C)(C1C)C2(C)C. The van der Waals surface area contributed by atoms with E-state index < -0.39 is 11.0 Å². The van der Waals surface area contributed by atoms with Crippen LogP contribution in [0.2, 0.25) is 0 Å². The molecular formula is C43H79NO2. The first-order valence-electron chi connectivity index (χ1n) is 18.5. The van der Waals surface area contributed by atoms with Gasteiger partial charge in [0.15, 0.2) is 0 Å². The van der Waals surface area contributed by atoms with Gasteiger partial charge in [-0.25, -0.2) is 0 Å². The zero-order chi connectivity index (χ0) is 36.9. The first-order chi connectivity index (χ1) is 19.9. The molecule has 0 spiro atoms. The van der Waals surface area contributed by atoms with Gasteiger partial charge in [0, 0.05) is 11.5 Å². The van der Waals surface area contributed by atoms with Gasteiger partial charge in [-0.15, -0.1) is 0 Å². The molecule has 2 saturated carbocycles. The predicted octanol–water partition coefficient (Wildman–Crippen LogP) is 11.8. The van der Waals surface area contributed by atoms with E-state index in [2.05, 4.69) is 158 Å². The predicted molar refractivity (Wildman–Crippen MR) is 199 cm³/mol. The lowest BCUT2D eigenvalue weighted by molar-refractivity contribution is -0.350. The fraction of sp³-hybridized carbons (Fsp3) is 0.930. The molecule has 0 radical (unpaired) electrons. The minimum atomic E-state index is -0.712. The number of carbonyl (C=O) groups excluding carboxylic acids is 1. The van der Waals surface area contributed by atoms with Crippen LogP contribution in [0.3, 0.4) is 0 Å². The number of esters is 1. The van der Waals surface area contributed by atoms with Gasteiger partial charge in [0.25, 0.3) is 0 Å². The number of ether oxygens (including phenoxy) is 1. The standard InChI is InChI=1S/C43H79NO2/c1-26-28(46-31(45)36(11,12)41(21,22)44-25)27(2)42(23)33(5,6)29(26)32(3,4)38(15,16)43(24)30(35(42,9)10)34(7,8)37(13,14)39(17,18)40(43,19)20/h27-28,30,44H,1-25H3. The van der Waals surface area contributed by atoms with Crippen LogP contribution in [0.4, 0.5) is 0 Å². The highest BCUT2D eigenvalue weighted by Crippen LogP contribution is 2.86. The summed E-state index contributed by atoms with van der Waals surface area (Å²) in [5, 5.41) is 3.39. The molecule has 5 atom stereocenters. The molecule has 268 valence electrons. The van der Waals surface area contributed by atoms with Gasteiger partial charge < -0.3 is 10.1 Å². The van der Waals surface area contributed by atoms with E-state index >= 15 is 0 Å². The van der Waals surface area contributed by atoms with Gasteiger partial charge in [-0.2, -0.15) is 0 Å². The molecule has 0 amide bonds. The summed E-state index contributed by atoms with van der Waals surface area (Å²) < 4.78 is 6.91. The van der Waals surface area contributed by atoms with Gasteiger partial charge in [0.1, 0.15) is 6.10 Å². The summed E-state index contributed by atoms with van der Waals surface area (Å²) in [6, 6.07) is 0. The maximum Gasteiger partial charge on any atom is 0.313 e. The van der Waals surface area contributed by atoms with E-state index in [4.69, 9.17) is 4.74 Å². The quantitative estimate of drug-likeness (QED) is 0.245. The Bertz CT molecular complexity index is 1300. The van der Waals surface area contributed by atoms with Crippen LogP contribution < -0.4 is 5.32 Å². The molecule has 3 aliphatic carbocycles. The van der Waals surface area contributed by atoms with Crippen LogP contribution in [-0.4, -0.2) is 24.7 Å². The van der Waals surface area contributed by atoms with E-state index in [1.165, 1.54) is 11.1 Å². The molecular weight excluding hydrogens is 562 g/mol. The molecule has 0 aromatic heterocycles. The van der Waals surface area contributed by atoms with E-state index in [1.54, 1.807) is 0 Å². The summed E-state index contributed by atoms with van der Waals surface area (Å²) >= 11 is 0. The van der Waals surface area contributed by atoms with Crippen molar-refractivity contribution < 1.29 is 9.53 Å². The van der Waals surface area contributed by atoms with E-state index in [9.17, 15) is 4.79 Å². The van der Waals surface area contributed by atoms with Crippen molar-refractivity contribution in [2.24, 2.45) is 71.4 Å². The number of rotatable bonds is 4. The summed E-state index contributed by atoms with van der Waals surface area (Å²) in [4.78, 5) is 14.4. The van der Waals surface area contributed by atoms with Crippen LogP contribution in [0.5, 0.6) is 0 Å².